The van der Waals surface area contributed by atoms with Crippen LogP contribution < -0.4 is 0 Å². The van der Waals surface area contributed by atoms with Gasteiger partial charge in [-0.15, -0.1) is 6.58 Å². The predicted molar refractivity (Wildman–Crippen MR) is 181 cm³/mol. The van der Waals surface area contributed by atoms with Gasteiger partial charge in [0.1, 0.15) is 5.82 Å². The fourth-order valence-corrected chi connectivity index (χ4v) is 5.06. The highest BCUT2D eigenvalue weighted by Crippen LogP contribution is 2.33. The van der Waals surface area contributed by atoms with E-state index in [1.807, 2.05) is 33.0 Å². The van der Waals surface area contributed by atoms with Gasteiger partial charge in [-0.2, -0.15) is 0 Å². The van der Waals surface area contributed by atoms with Crippen LogP contribution in [0, 0.1) is 13.8 Å². The minimum Gasteiger partial charge on any atom is -0.318 e. The lowest BCUT2D eigenvalue weighted by atomic mass is 9.95. The van der Waals surface area contributed by atoms with Crippen molar-refractivity contribution in [2.24, 2.45) is 0 Å². The first kappa shape index (κ1) is 33.1. The molecule has 0 saturated heterocycles. The summed E-state index contributed by atoms with van der Waals surface area (Å²) >= 11 is 0. The van der Waals surface area contributed by atoms with Gasteiger partial charge in [-0.25, -0.2) is 4.98 Å². The van der Waals surface area contributed by atoms with Crippen LogP contribution in [-0.4, -0.2) is 14.1 Å². The first-order valence-electron chi connectivity index (χ1n) is 14.8. The molecule has 1 aliphatic rings. The van der Waals surface area contributed by atoms with Crippen molar-refractivity contribution < 1.29 is 0 Å². The normalized spacial score (nSPS) is 11.8. The van der Waals surface area contributed by atoms with Crippen LogP contribution in [0.2, 0.25) is 0 Å². The van der Waals surface area contributed by atoms with E-state index in [2.05, 4.69) is 111 Å². The second-order valence-electron chi connectivity index (χ2n) is 9.71. The Morgan fingerprint density at radius 1 is 0.805 bits per heavy atom. The highest BCUT2D eigenvalue weighted by atomic mass is 15.1. The Morgan fingerprint density at radius 3 is 1.88 bits per heavy atom. The molecule has 4 aromatic rings. The van der Waals surface area contributed by atoms with Gasteiger partial charge < -0.3 is 4.57 Å². The minimum absolute atomic E-state index is 0.972. The highest BCUT2D eigenvalue weighted by Gasteiger charge is 2.21. The van der Waals surface area contributed by atoms with Crippen molar-refractivity contribution in [2.45, 2.75) is 74.1 Å². The van der Waals surface area contributed by atoms with Crippen LogP contribution in [0.4, 0.5) is 0 Å². The average molecular weight is 548 g/mol. The maximum absolute atomic E-state index is 4.80. The van der Waals surface area contributed by atoms with Crippen LogP contribution in [0.15, 0.2) is 105 Å². The zero-order valence-corrected chi connectivity index (χ0v) is 26.4. The summed E-state index contributed by atoms with van der Waals surface area (Å²) in [6, 6.07) is 19.4. The van der Waals surface area contributed by atoms with E-state index in [-0.39, 0.29) is 0 Å². The molecule has 2 heterocycles. The molecule has 1 aliphatic carbocycles. The van der Waals surface area contributed by atoms with Gasteiger partial charge in [0.2, 0.25) is 0 Å². The molecule has 5 rings (SSSR count). The Kier molecular flexibility index (Phi) is 13.6. The number of nitrogens with zero attached hydrogens (tertiary/aromatic N) is 3. The molecular weight excluding hydrogens is 498 g/mol. The zero-order chi connectivity index (χ0) is 30.4. The Labute approximate surface area is 249 Å². The summed E-state index contributed by atoms with van der Waals surface area (Å²) in [6.07, 6.45) is 14.2. The molecule has 0 radical (unpaired) electrons. The summed E-state index contributed by atoms with van der Waals surface area (Å²) in [6.45, 7) is 24.7. The van der Waals surface area contributed by atoms with Crippen LogP contribution in [0.1, 0.15) is 75.7 Å². The number of imidazole rings is 1. The maximum Gasteiger partial charge on any atom is 0.144 e. The Bertz CT molecular complexity index is 1420. The summed E-state index contributed by atoms with van der Waals surface area (Å²) in [4.78, 5) is 4.80. The van der Waals surface area contributed by atoms with E-state index in [0.29, 0.717) is 0 Å². The molecular formula is C38H49N3. The van der Waals surface area contributed by atoms with Crippen LogP contribution in [0.25, 0.3) is 28.3 Å². The van der Waals surface area contributed by atoms with E-state index in [4.69, 9.17) is 4.98 Å². The molecule has 0 amide bonds. The molecule has 41 heavy (non-hydrogen) atoms. The lowest BCUT2D eigenvalue weighted by Crippen LogP contribution is -2.08. The number of hydrogen-bond donors (Lipinski definition) is 0. The van der Waals surface area contributed by atoms with E-state index >= 15 is 0 Å². The summed E-state index contributed by atoms with van der Waals surface area (Å²) in [7, 11) is 0. The van der Waals surface area contributed by atoms with Crippen molar-refractivity contribution in [3.63, 3.8) is 0 Å². The second-order valence-corrected chi connectivity index (χ2v) is 9.71. The first-order chi connectivity index (χ1) is 19.9. The summed E-state index contributed by atoms with van der Waals surface area (Å²) < 4.78 is 4.76. The molecule has 0 unspecified atom stereocenters. The van der Waals surface area contributed by atoms with Gasteiger partial charge in [-0.05, 0) is 101 Å². The fourth-order valence-electron chi connectivity index (χ4n) is 5.06. The van der Waals surface area contributed by atoms with Gasteiger partial charge >= 0.3 is 0 Å². The predicted octanol–water partition coefficient (Wildman–Crippen LogP) is 10.8. The highest BCUT2D eigenvalue weighted by molar-refractivity contribution is 5.69. The third-order valence-corrected chi connectivity index (χ3v) is 7.20. The molecule has 3 heteroatoms. The maximum atomic E-state index is 4.80. The van der Waals surface area contributed by atoms with Crippen molar-refractivity contribution in [2.75, 3.05) is 0 Å². The molecule has 0 atom stereocenters. The number of hydrogen-bond acceptors (Lipinski definition) is 1. The third-order valence-electron chi connectivity index (χ3n) is 7.20. The lowest BCUT2D eigenvalue weighted by Gasteiger charge is -2.18. The molecule has 2 aromatic heterocycles. The van der Waals surface area contributed by atoms with E-state index in [1.165, 1.54) is 53.9 Å². The SMILES string of the molecule is C/C=C(\C)c1cnc(-c2ccccc2)n1-c1ccc(-n2c(C)c(C)c3c2CCCC3)cc1.C=CC.C=CC=C.CC. The number of rotatable bonds is 5. The van der Waals surface area contributed by atoms with Gasteiger partial charge in [0.05, 0.1) is 11.9 Å². The largest absolute Gasteiger partial charge is 0.318 e. The van der Waals surface area contributed by atoms with E-state index in [1.54, 1.807) is 23.8 Å². The Morgan fingerprint density at radius 2 is 1.34 bits per heavy atom. The smallest absolute Gasteiger partial charge is 0.144 e. The summed E-state index contributed by atoms with van der Waals surface area (Å²) in [5, 5.41) is 0. The second kappa shape index (κ2) is 16.9. The van der Waals surface area contributed by atoms with Crippen LogP contribution in [-0.2, 0) is 12.8 Å². The van der Waals surface area contributed by atoms with Gasteiger partial charge in [0.25, 0.3) is 0 Å². The monoisotopic (exact) mass is 547 g/mol. The standard InChI is InChI=1S/C29H31N3.C4H6.C3H6.C2H6/c1-5-20(2)28-19-30-29(23-11-7-6-8-12-23)32(28)25-17-15-24(16-18-25)31-22(4)21(3)26-13-9-10-14-27(26)31;1-3-4-2;1-3-2;1-2/h5-8,11-12,15-19H,9-10,13-14H2,1-4H3;3-4H,1-2H2;3H,1H2,2H3;1-2H3/b20-5+;;;. The molecule has 0 fully saturated rings. The van der Waals surface area contributed by atoms with Crippen LogP contribution >= 0.6 is 0 Å². The van der Waals surface area contributed by atoms with Gasteiger partial charge in [-0.1, -0.05) is 81.6 Å². The molecule has 3 nitrogen and oxygen atoms in total. The van der Waals surface area contributed by atoms with Gasteiger partial charge in [-0.3, -0.25) is 4.57 Å². The quantitative estimate of drug-likeness (QED) is 0.180. The van der Waals surface area contributed by atoms with Gasteiger partial charge in [0, 0.05) is 28.3 Å². The number of fused-ring (bicyclic) bond motifs is 1. The third kappa shape index (κ3) is 7.76. The zero-order valence-electron chi connectivity index (χ0n) is 26.4. The van der Waals surface area contributed by atoms with E-state index < -0.39 is 0 Å². The average Bonchev–Trinajstić information content (AvgIpc) is 3.58. The summed E-state index contributed by atoms with van der Waals surface area (Å²) in [5.41, 5.74) is 11.8. The Hall–Kier alpha value is -4.11. The molecule has 0 spiro atoms. The molecule has 0 aliphatic heterocycles. The van der Waals surface area contributed by atoms with E-state index in [9.17, 15) is 0 Å². The molecule has 0 bridgehead atoms. The molecule has 2 aromatic carbocycles. The van der Waals surface area contributed by atoms with Crippen molar-refractivity contribution in [3.8, 4) is 22.8 Å². The van der Waals surface area contributed by atoms with E-state index in [0.717, 1.165) is 22.8 Å². The number of benzene rings is 2. The Balaban J connectivity index is 0.000000582. The van der Waals surface area contributed by atoms with Crippen molar-refractivity contribution in [3.05, 3.63) is 133 Å². The lowest BCUT2D eigenvalue weighted by molar-refractivity contribution is 0.660. The number of allylic oxidation sites excluding steroid dienone is 5. The van der Waals surface area contributed by atoms with Crippen LogP contribution in [0.3, 0.4) is 0 Å². The minimum atomic E-state index is 0.972. The topological polar surface area (TPSA) is 22.8 Å². The first-order valence-corrected chi connectivity index (χ1v) is 14.8. The molecule has 0 N–H and O–H groups in total. The van der Waals surface area contributed by atoms with Crippen molar-refractivity contribution in [1.29, 1.82) is 0 Å². The molecule has 216 valence electrons. The van der Waals surface area contributed by atoms with Gasteiger partial charge in [0.15, 0.2) is 0 Å². The fraction of sp³-hybridized carbons (Fsp3) is 0.289. The summed E-state index contributed by atoms with van der Waals surface area (Å²) in [5.74, 6) is 0.972. The van der Waals surface area contributed by atoms with Crippen LogP contribution in [0.5, 0.6) is 0 Å². The number of aromatic nitrogens is 3. The van der Waals surface area contributed by atoms with Crippen molar-refractivity contribution in [1.82, 2.24) is 14.1 Å². The molecule has 0 saturated carbocycles. The van der Waals surface area contributed by atoms with Crippen molar-refractivity contribution >= 4 is 5.57 Å².